The summed E-state index contributed by atoms with van der Waals surface area (Å²) in [6, 6.07) is 13.1. The summed E-state index contributed by atoms with van der Waals surface area (Å²) in [6.07, 6.45) is 0. The Morgan fingerprint density at radius 3 is 2.48 bits per heavy atom. The second kappa shape index (κ2) is 8.93. The van der Waals surface area contributed by atoms with E-state index in [1.807, 2.05) is 50.2 Å². The lowest BCUT2D eigenvalue weighted by Gasteiger charge is -2.10. The minimum atomic E-state index is -0.385. The Morgan fingerprint density at radius 2 is 1.86 bits per heavy atom. The summed E-state index contributed by atoms with van der Waals surface area (Å²) in [4.78, 5) is 16.3. The van der Waals surface area contributed by atoms with Crippen LogP contribution >= 0.6 is 11.5 Å². The smallest absolute Gasteiger partial charge is 0.271 e. The summed E-state index contributed by atoms with van der Waals surface area (Å²) in [5.41, 5.74) is 8.98. The van der Waals surface area contributed by atoms with Crippen molar-refractivity contribution < 1.29 is 9.84 Å². The van der Waals surface area contributed by atoms with Crippen LogP contribution in [0.4, 0.5) is 10.7 Å². The fourth-order valence-corrected chi connectivity index (χ4v) is 3.60. The first-order valence-electron chi connectivity index (χ1n) is 9.15. The fourth-order valence-electron chi connectivity index (χ4n) is 2.83. The number of aromatic nitrogens is 1. The lowest BCUT2D eigenvalue weighted by molar-refractivity contribution is 0.274. The van der Waals surface area contributed by atoms with Crippen LogP contribution in [0.5, 0.6) is 11.5 Å². The van der Waals surface area contributed by atoms with Crippen molar-refractivity contribution in [2.24, 2.45) is 10.7 Å². The molecule has 29 heavy (non-hydrogen) atoms. The van der Waals surface area contributed by atoms with Gasteiger partial charge < -0.3 is 20.9 Å². The number of aliphatic imine (C=N–C) groups is 1. The molecule has 0 aliphatic carbocycles. The number of aliphatic hydroxyl groups excluding tert-OH is 1. The van der Waals surface area contributed by atoms with Gasteiger partial charge in [0.1, 0.15) is 27.9 Å². The number of aryl methyl sites for hydroxylation is 2. The van der Waals surface area contributed by atoms with E-state index in [0.717, 1.165) is 34.1 Å². The summed E-state index contributed by atoms with van der Waals surface area (Å²) < 4.78 is 8.58. The van der Waals surface area contributed by atoms with Crippen LogP contribution in [-0.4, -0.2) is 28.0 Å². The van der Waals surface area contributed by atoms with E-state index >= 15 is 0 Å². The van der Waals surface area contributed by atoms with E-state index in [1.54, 1.807) is 6.92 Å². The van der Waals surface area contributed by atoms with E-state index in [-0.39, 0.29) is 29.6 Å². The molecule has 8 heteroatoms. The number of nitrogens with zero attached hydrogens (tertiary/aromatic N) is 1. The SMILES string of the molecule is Cc1cc(C)cc(Oc2ccc(Nc3s[nH]c(=O)c3C(N)=NC(C)CO)cc2)c1. The van der Waals surface area contributed by atoms with Crippen molar-refractivity contribution in [3.63, 3.8) is 0 Å². The molecule has 0 spiro atoms. The number of nitrogens with two attached hydrogens (primary N) is 1. The molecule has 0 bridgehead atoms. The molecule has 3 rings (SSSR count). The van der Waals surface area contributed by atoms with Gasteiger partial charge in [-0.2, -0.15) is 0 Å². The molecule has 152 valence electrons. The molecule has 5 N–H and O–H groups in total. The minimum absolute atomic E-state index is 0.0892. The second-order valence-electron chi connectivity index (χ2n) is 6.86. The molecule has 0 aliphatic heterocycles. The molecule has 1 aromatic heterocycles. The zero-order valence-corrected chi connectivity index (χ0v) is 17.3. The molecule has 0 saturated heterocycles. The van der Waals surface area contributed by atoms with Gasteiger partial charge in [0.2, 0.25) is 0 Å². The highest BCUT2D eigenvalue weighted by atomic mass is 32.1. The molecule has 1 heterocycles. The lowest BCUT2D eigenvalue weighted by atomic mass is 10.1. The van der Waals surface area contributed by atoms with Gasteiger partial charge in [-0.05, 0) is 79.8 Å². The van der Waals surface area contributed by atoms with Gasteiger partial charge in [0.05, 0.1) is 12.6 Å². The average molecular weight is 413 g/mol. The standard InChI is InChI=1S/C21H24N4O3S/c1-12-8-13(2)10-17(9-12)28-16-6-4-15(5-7-16)24-21-18(20(27)25-29-21)19(22)23-14(3)11-26/h4-10,14,24,26H,11H2,1-3H3,(H2,22,23)(H,25,27). The molecule has 7 nitrogen and oxygen atoms in total. The topological polar surface area (TPSA) is 113 Å². The largest absolute Gasteiger partial charge is 0.457 e. The van der Waals surface area contributed by atoms with Gasteiger partial charge in [0, 0.05) is 5.69 Å². The van der Waals surface area contributed by atoms with Crippen molar-refractivity contribution in [1.29, 1.82) is 0 Å². The maximum Gasteiger partial charge on any atom is 0.271 e. The lowest BCUT2D eigenvalue weighted by Crippen LogP contribution is -2.24. The van der Waals surface area contributed by atoms with Crippen molar-refractivity contribution in [3.8, 4) is 11.5 Å². The van der Waals surface area contributed by atoms with Gasteiger partial charge in [-0.25, -0.2) is 0 Å². The molecule has 2 aromatic carbocycles. The van der Waals surface area contributed by atoms with Gasteiger partial charge in [-0.1, -0.05) is 6.07 Å². The maximum atomic E-state index is 12.1. The highest BCUT2D eigenvalue weighted by Crippen LogP contribution is 2.27. The normalized spacial score (nSPS) is 12.6. The third-order valence-corrected chi connectivity index (χ3v) is 4.92. The van der Waals surface area contributed by atoms with Crippen LogP contribution in [0.2, 0.25) is 0 Å². The van der Waals surface area contributed by atoms with Gasteiger partial charge in [0.25, 0.3) is 5.56 Å². The average Bonchev–Trinajstić information content (AvgIpc) is 3.02. The Bertz CT molecular complexity index is 1050. The predicted molar refractivity (Wildman–Crippen MR) is 118 cm³/mol. The van der Waals surface area contributed by atoms with Crippen LogP contribution in [0.15, 0.2) is 52.3 Å². The number of anilines is 2. The van der Waals surface area contributed by atoms with E-state index in [2.05, 4.69) is 20.7 Å². The van der Waals surface area contributed by atoms with Crippen LogP contribution in [0.3, 0.4) is 0 Å². The van der Waals surface area contributed by atoms with E-state index < -0.39 is 0 Å². The monoisotopic (exact) mass is 412 g/mol. The number of amidine groups is 1. The molecule has 3 aromatic rings. The number of nitrogens with one attached hydrogen (secondary N) is 2. The predicted octanol–water partition coefficient (Wildman–Crippen LogP) is 3.68. The minimum Gasteiger partial charge on any atom is -0.457 e. The summed E-state index contributed by atoms with van der Waals surface area (Å²) in [5, 5.41) is 12.9. The maximum absolute atomic E-state index is 12.1. The van der Waals surface area contributed by atoms with Gasteiger partial charge in [-0.3, -0.25) is 14.2 Å². The summed E-state index contributed by atoms with van der Waals surface area (Å²) >= 11 is 1.14. The van der Waals surface area contributed by atoms with Gasteiger partial charge in [0.15, 0.2) is 0 Å². The molecule has 0 fully saturated rings. The number of ether oxygens (including phenoxy) is 1. The highest BCUT2D eigenvalue weighted by Gasteiger charge is 2.15. The first-order chi connectivity index (χ1) is 13.9. The third kappa shape index (κ3) is 5.24. The Labute approximate surface area is 173 Å². The number of hydrogen-bond acceptors (Lipinski definition) is 6. The molecule has 1 unspecified atom stereocenters. The fraction of sp³-hybridized carbons (Fsp3) is 0.238. The van der Waals surface area contributed by atoms with E-state index in [0.29, 0.717) is 10.8 Å². The number of benzene rings is 2. The Kier molecular flexibility index (Phi) is 6.36. The first kappa shape index (κ1) is 20.6. The van der Waals surface area contributed by atoms with E-state index in [1.165, 1.54) is 0 Å². The third-order valence-electron chi connectivity index (χ3n) is 4.12. The Morgan fingerprint density at radius 1 is 1.21 bits per heavy atom. The van der Waals surface area contributed by atoms with Gasteiger partial charge in [-0.15, -0.1) is 0 Å². The Hall–Kier alpha value is -3.10. The van der Waals surface area contributed by atoms with Crippen molar-refractivity contribution in [2.75, 3.05) is 11.9 Å². The van der Waals surface area contributed by atoms with Crippen LogP contribution in [-0.2, 0) is 0 Å². The van der Waals surface area contributed by atoms with Gasteiger partial charge >= 0.3 is 0 Å². The zero-order chi connectivity index (χ0) is 21.0. The number of H-pyrrole nitrogens is 1. The van der Waals surface area contributed by atoms with Crippen LogP contribution in [0.25, 0.3) is 0 Å². The number of rotatable bonds is 7. The number of aromatic amines is 1. The molecule has 0 aliphatic rings. The summed E-state index contributed by atoms with van der Waals surface area (Å²) in [7, 11) is 0. The molecule has 1 atom stereocenters. The van der Waals surface area contributed by atoms with Crippen molar-refractivity contribution >= 4 is 28.1 Å². The van der Waals surface area contributed by atoms with Crippen LogP contribution < -0.4 is 21.3 Å². The van der Waals surface area contributed by atoms with Crippen molar-refractivity contribution in [1.82, 2.24) is 4.37 Å². The number of hydrogen-bond donors (Lipinski definition) is 4. The van der Waals surface area contributed by atoms with Crippen LogP contribution in [0, 0.1) is 13.8 Å². The summed E-state index contributed by atoms with van der Waals surface area (Å²) in [6.45, 7) is 5.63. The molecule has 0 amide bonds. The van der Waals surface area contributed by atoms with E-state index in [4.69, 9.17) is 15.6 Å². The van der Waals surface area contributed by atoms with Crippen molar-refractivity contribution in [3.05, 3.63) is 69.5 Å². The molecular weight excluding hydrogens is 388 g/mol. The molecule has 0 saturated carbocycles. The Balaban J connectivity index is 1.77. The molecule has 0 radical (unpaired) electrons. The summed E-state index contributed by atoms with van der Waals surface area (Å²) in [5.74, 6) is 1.59. The number of aliphatic hydroxyl groups is 1. The van der Waals surface area contributed by atoms with Crippen LogP contribution in [0.1, 0.15) is 23.6 Å². The second-order valence-corrected chi connectivity index (χ2v) is 7.67. The first-order valence-corrected chi connectivity index (χ1v) is 9.96. The van der Waals surface area contributed by atoms with Crippen molar-refractivity contribution in [2.45, 2.75) is 26.8 Å². The van der Waals surface area contributed by atoms with E-state index in [9.17, 15) is 4.79 Å². The molecular formula is C21H24N4O3S. The highest BCUT2D eigenvalue weighted by molar-refractivity contribution is 7.10. The quantitative estimate of drug-likeness (QED) is 0.349. The zero-order valence-electron chi connectivity index (χ0n) is 16.5.